The maximum Gasteiger partial charge on any atom is 0.220 e. The van der Waals surface area contributed by atoms with Gasteiger partial charge in [0.25, 0.3) is 0 Å². The molecule has 110 valence electrons. The molecule has 0 fully saturated rings. The van der Waals surface area contributed by atoms with Crippen LogP contribution < -0.4 is 10.1 Å². The molecule has 1 heterocycles. The number of benzene rings is 1. The summed E-state index contributed by atoms with van der Waals surface area (Å²) in [5.74, 6) is 0.902. The van der Waals surface area contributed by atoms with Crippen LogP contribution in [0.2, 0.25) is 0 Å². The van der Waals surface area contributed by atoms with Gasteiger partial charge >= 0.3 is 0 Å². The van der Waals surface area contributed by atoms with Crippen molar-refractivity contribution in [3.63, 3.8) is 0 Å². The molecule has 0 saturated carbocycles. The van der Waals surface area contributed by atoms with Gasteiger partial charge in [-0.2, -0.15) is 0 Å². The van der Waals surface area contributed by atoms with Gasteiger partial charge in [0.05, 0.1) is 18.8 Å². The molecule has 1 amide bonds. The Hall–Kier alpha value is -1.55. The largest absolute Gasteiger partial charge is 0.493 e. The summed E-state index contributed by atoms with van der Waals surface area (Å²) in [7, 11) is 0. The average Bonchev–Trinajstić information content (AvgIpc) is 2.42. The summed E-state index contributed by atoms with van der Waals surface area (Å²) in [6, 6.07) is 1.95. The van der Waals surface area contributed by atoms with Gasteiger partial charge in [-0.05, 0) is 43.5 Å². The van der Waals surface area contributed by atoms with Crippen LogP contribution >= 0.6 is 0 Å². The minimum absolute atomic E-state index is 0.0250. The maximum absolute atomic E-state index is 11.7. The number of nitrogens with one attached hydrogen (secondary N) is 1. The molecule has 0 bridgehead atoms. The molecule has 1 aliphatic rings. The van der Waals surface area contributed by atoms with Gasteiger partial charge in [-0.3, -0.25) is 4.79 Å². The second kappa shape index (κ2) is 5.83. The Morgan fingerprint density at radius 2 is 2.20 bits per heavy atom. The third kappa shape index (κ3) is 2.66. The van der Waals surface area contributed by atoms with Crippen LogP contribution in [0, 0.1) is 13.8 Å². The number of carbonyl (C=O) groups excluding carboxylic acids is 1. The summed E-state index contributed by atoms with van der Waals surface area (Å²) in [5.41, 5.74) is 4.00. The van der Waals surface area contributed by atoms with Crippen LogP contribution in [-0.2, 0) is 4.79 Å². The lowest BCUT2D eigenvalue weighted by Gasteiger charge is -2.30. The Bertz CT molecular complexity index is 523. The van der Waals surface area contributed by atoms with E-state index in [9.17, 15) is 9.90 Å². The fourth-order valence-electron chi connectivity index (χ4n) is 2.71. The van der Waals surface area contributed by atoms with E-state index in [1.165, 1.54) is 0 Å². The summed E-state index contributed by atoms with van der Waals surface area (Å²) in [6.07, 6.45) is 0.713. The van der Waals surface area contributed by atoms with Crippen LogP contribution in [0.25, 0.3) is 0 Å². The Morgan fingerprint density at radius 3 is 2.80 bits per heavy atom. The fourth-order valence-corrected chi connectivity index (χ4v) is 2.71. The maximum atomic E-state index is 11.7. The molecule has 0 aromatic heterocycles. The van der Waals surface area contributed by atoms with Crippen molar-refractivity contribution in [3.05, 3.63) is 28.3 Å². The van der Waals surface area contributed by atoms with Crippen LogP contribution in [0.4, 0.5) is 0 Å². The van der Waals surface area contributed by atoms with Crippen molar-refractivity contribution in [2.24, 2.45) is 0 Å². The van der Waals surface area contributed by atoms with Crippen molar-refractivity contribution >= 4 is 5.91 Å². The highest BCUT2D eigenvalue weighted by Crippen LogP contribution is 2.39. The van der Waals surface area contributed by atoms with E-state index in [0.717, 1.165) is 34.4 Å². The van der Waals surface area contributed by atoms with Gasteiger partial charge < -0.3 is 15.2 Å². The van der Waals surface area contributed by atoms with Gasteiger partial charge in [-0.25, -0.2) is 0 Å². The second-order valence-electron chi connectivity index (χ2n) is 5.42. The molecule has 0 radical (unpaired) electrons. The summed E-state index contributed by atoms with van der Waals surface area (Å²) >= 11 is 0. The van der Waals surface area contributed by atoms with E-state index in [4.69, 9.17) is 4.74 Å². The molecule has 2 atom stereocenters. The number of rotatable bonds is 3. The summed E-state index contributed by atoms with van der Waals surface area (Å²) in [5, 5.41) is 13.0. The molecule has 0 saturated heterocycles. The number of hydrogen-bond acceptors (Lipinski definition) is 3. The molecule has 1 aromatic rings. The van der Waals surface area contributed by atoms with Crippen LogP contribution in [-0.4, -0.2) is 17.6 Å². The lowest BCUT2D eigenvalue weighted by Crippen LogP contribution is -2.32. The lowest BCUT2D eigenvalue weighted by molar-refractivity contribution is -0.121. The van der Waals surface area contributed by atoms with E-state index >= 15 is 0 Å². The monoisotopic (exact) mass is 277 g/mol. The zero-order chi connectivity index (χ0) is 14.9. The van der Waals surface area contributed by atoms with Crippen molar-refractivity contribution in [3.8, 4) is 5.75 Å². The first-order valence-electron chi connectivity index (χ1n) is 7.19. The lowest BCUT2D eigenvalue weighted by atomic mass is 9.90. The van der Waals surface area contributed by atoms with E-state index in [2.05, 4.69) is 5.32 Å². The number of fused-ring (bicyclic) bond motifs is 1. The molecule has 2 N–H and O–H groups in total. The predicted molar refractivity (Wildman–Crippen MR) is 77.8 cm³/mol. The second-order valence-corrected chi connectivity index (χ2v) is 5.42. The third-order valence-electron chi connectivity index (χ3n) is 4.04. The van der Waals surface area contributed by atoms with Gasteiger partial charge in [0.2, 0.25) is 5.91 Å². The Kier molecular flexibility index (Phi) is 4.33. The Labute approximate surface area is 120 Å². The van der Waals surface area contributed by atoms with Gasteiger partial charge in [0.15, 0.2) is 0 Å². The predicted octanol–water partition coefficient (Wildman–Crippen LogP) is 2.71. The zero-order valence-electron chi connectivity index (χ0n) is 12.6. The first-order valence-corrected chi connectivity index (χ1v) is 7.19. The molecular formula is C16H23NO3. The first-order chi connectivity index (χ1) is 9.45. The molecule has 1 aromatic carbocycles. The van der Waals surface area contributed by atoms with Gasteiger partial charge in [0.1, 0.15) is 5.75 Å². The quantitative estimate of drug-likeness (QED) is 0.893. The number of aliphatic hydroxyl groups is 1. The highest BCUT2D eigenvalue weighted by atomic mass is 16.5. The molecule has 2 unspecified atom stereocenters. The molecule has 4 heteroatoms. The van der Waals surface area contributed by atoms with Crippen molar-refractivity contribution in [2.45, 2.75) is 52.7 Å². The number of amides is 1. The molecule has 0 spiro atoms. The van der Waals surface area contributed by atoms with Crippen LogP contribution in [0.3, 0.4) is 0 Å². The summed E-state index contributed by atoms with van der Waals surface area (Å²) in [4.78, 5) is 11.7. The first kappa shape index (κ1) is 14.9. The van der Waals surface area contributed by atoms with E-state index in [1.807, 2.05) is 26.8 Å². The Morgan fingerprint density at radius 1 is 1.50 bits per heavy atom. The van der Waals surface area contributed by atoms with Crippen molar-refractivity contribution in [1.29, 1.82) is 0 Å². The van der Waals surface area contributed by atoms with E-state index in [1.54, 1.807) is 6.92 Å². The standard InChI is InChI=1S/C16H23NO3/c1-5-15(19)17-14-6-7-20-16-10(3)9(2)12(11(4)18)8-13(14)16/h8,11,14,18H,5-7H2,1-4H3,(H,17,19). The normalized spacial score (nSPS) is 18.9. The van der Waals surface area contributed by atoms with E-state index < -0.39 is 6.10 Å². The van der Waals surface area contributed by atoms with E-state index in [0.29, 0.717) is 13.0 Å². The third-order valence-corrected chi connectivity index (χ3v) is 4.04. The molecule has 20 heavy (non-hydrogen) atoms. The van der Waals surface area contributed by atoms with E-state index in [-0.39, 0.29) is 11.9 Å². The van der Waals surface area contributed by atoms with Crippen molar-refractivity contribution in [1.82, 2.24) is 5.32 Å². The summed E-state index contributed by atoms with van der Waals surface area (Å²) < 4.78 is 5.78. The van der Waals surface area contributed by atoms with Crippen LogP contribution in [0.5, 0.6) is 5.75 Å². The number of carbonyl (C=O) groups is 1. The fraction of sp³-hybridized carbons (Fsp3) is 0.562. The molecule has 0 aliphatic carbocycles. The minimum atomic E-state index is -0.525. The smallest absolute Gasteiger partial charge is 0.220 e. The molecule has 1 aliphatic heterocycles. The van der Waals surface area contributed by atoms with Crippen molar-refractivity contribution in [2.75, 3.05) is 6.61 Å². The topological polar surface area (TPSA) is 58.6 Å². The molecular weight excluding hydrogens is 254 g/mol. The van der Waals surface area contributed by atoms with Crippen LogP contribution in [0.15, 0.2) is 6.07 Å². The van der Waals surface area contributed by atoms with Gasteiger partial charge in [-0.1, -0.05) is 6.92 Å². The SMILES string of the molecule is CCC(=O)NC1CCOc2c1cc(C(C)O)c(C)c2C. The molecule has 2 rings (SSSR count). The zero-order valence-corrected chi connectivity index (χ0v) is 12.6. The molecule has 4 nitrogen and oxygen atoms in total. The Balaban J connectivity index is 2.47. The van der Waals surface area contributed by atoms with Crippen molar-refractivity contribution < 1.29 is 14.6 Å². The number of aliphatic hydroxyl groups excluding tert-OH is 1. The highest BCUT2D eigenvalue weighted by Gasteiger charge is 2.26. The van der Waals surface area contributed by atoms with Gasteiger partial charge in [0, 0.05) is 18.4 Å². The average molecular weight is 277 g/mol. The number of ether oxygens (including phenoxy) is 1. The number of hydrogen-bond donors (Lipinski definition) is 2. The van der Waals surface area contributed by atoms with Crippen LogP contribution in [0.1, 0.15) is 61.1 Å². The minimum Gasteiger partial charge on any atom is -0.493 e. The van der Waals surface area contributed by atoms with Gasteiger partial charge in [-0.15, -0.1) is 0 Å². The summed E-state index contributed by atoms with van der Waals surface area (Å²) in [6.45, 7) is 8.21. The highest BCUT2D eigenvalue weighted by molar-refractivity contribution is 5.76.